The van der Waals surface area contributed by atoms with E-state index in [1.165, 1.54) is 19.5 Å². The van der Waals surface area contributed by atoms with Crippen LogP contribution >= 0.6 is 0 Å². The fourth-order valence-corrected chi connectivity index (χ4v) is 2.80. The van der Waals surface area contributed by atoms with Gasteiger partial charge in [-0.15, -0.1) is 0 Å². The van der Waals surface area contributed by atoms with E-state index in [0.717, 1.165) is 45.3 Å². The topological polar surface area (TPSA) is 41.7 Å². The number of hydrogen-bond donors (Lipinski definition) is 1. The lowest BCUT2D eigenvalue weighted by molar-refractivity contribution is 0.0304. The molecular formula is C12H25N3O. The van der Waals surface area contributed by atoms with Crippen LogP contribution in [0, 0.1) is 5.92 Å². The Hall–Kier alpha value is -0.160. The van der Waals surface area contributed by atoms with Crippen LogP contribution in [0.3, 0.4) is 0 Å². The highest BCUT2D eigenvalue weighted by Gasteiger charge is 2.22. The Morgan fingerprint density at radius 3 is 2.50 bits per heavy atom. The minimum atomic E-state index is 0.383. The van der Waals surface area contributed by atoms with E-state index in [1.807, 2.05) is 0 Å². The molecule has 2 N–H and O–H groups in total. The average molecular weight is 227 g/mol. The van der Waals surface area contributed by atoms with Crippen LogP contribution in [0.25, 0.3) is 0 Å². The van der Waals surface area contributed by atoms with Crippen LogP contribution in [0.15, 0.2) is 0 Å². The van der Waals surface area contributed by atoms with E-state index in [0.29, 0.717) is 6.04 Å². The summed E-state index contributed by atoms with van der Waals surface area (Å²) in [7, 11) is 0. The highest BCUT2D eigenvalue weighted by Crippen LogP contribution is 2.14. The Labute approximate surface area is 98.7 Å². The first-order chi connectivity index (χ1) is 7.74. The normalized spacial score (nSPS) is 34.1. The summed E-state index contributed by atoms with van der Waals surface area (Å²) in [5, 5.41) is 0. The van der Waals surface area contributed by atoms with E-state index in [4.69, 9.17) is 10.5 Å². The fourth-order valence-electron chi connectivity index (χ4n) is 2.80. The molecule has 0 aromatic rings. The number of hydrogen-bond acceptors (Lipinski definition) is 4. The van der Waals surface area contributed by atoms with Crippen LogP contribution in [-0.2, 0) is 4.74 Å². The molecular weight excluding hydrogens is 202 g/mol. The van der Waals surface area contributed by atoms with Crippen LogP contribution in [0.5, 0.6) is 0 Å². The number of morpholine rings is 1. The Kier molecular flexibility index (Phi) is 4.58. The molecule has 2 aliphatic rings. The molecule has 0 aliphatic carbocycles. The third kappa shape index (κ3) is 3.70. The molecule has 2 rings (SSSR count). The molecule has 0 bridgehead atoms. The molecule has 16 heavy (non-hydrogen) atoms. The third-order valence-electron chi connectivity index (χ3n) is 3.60. The summed E-state index contributed by atoms with van der Waals surface area (Å²) in [6, 6.07) is 0.383. The van der Waals surface area contributed by atoms with Gasteiger partial charge < -0.3 is 15.4 Å². The van der Waals surface area contributed by atoms with Crippen molar-refractivity contribution in [3.63, 3.8) is 0 Å². The molecule has 2 heterocycles. The van der Waals surface area contributed by atoms with Gasteiger partial charge in [-0.3, -0.25) is 4.90 Å². The zero-order valence-electron chi connectivity index (χ0n) is 10.4. The molecule has 0 saturated carbocycles. The zero-order valence-corrected chi connectivity index (χ0v) is 10.4. The van der Waals surface area contributed by atoms with Gasteiger partial charge in [0.15, 0.2) is 0 Å². The standard InChI is InChI=1S/C12H25N3O/c1-11-8-12(13)10-15(9-11)3-2-14-4-6-16-7-5-14/h11-12H,2-10,13H2,1H3. The highest BCUT2D eigenvalue weighted by atomic mass is 16.5. The fraction of sp³-hybridized carbons (Fsp3) is 1.00. The van der Waals surface area contributed by atoms with E-state index >= 15 is 0 Å². The number of nitrogens with two attached hydrogens (primary N) is 1. The number of nitrogens with zero attached hydrogens (tertiary/aromatic N) is 2. The van der Waals surface area contributed by atoms with Gasteiger partial charge in [-0.05, 0) is 12.3 Å². The Balaban J connectivity index is 1.68. The van der Waals surface area contributed by atoms with Gasteiger partial charge in [0.1, 0.15) is 0 Å². The molecule has 2 unspecified atom stereocenters. The molecule has 2 saturated heterocycles. The van der Waals surface area contributed by atoms with Crippen molar-refractivity contribution in [2.24, 2.45) is 11.7 Å². The minimum Gasteiger partial charge on any atom is -0.379 e. The summed E-state index contributed by atoms with van der Waals surface area (Å²) in [6.07, 6.45) is 1.19. The van der Waals surface area contributed by atoms with Crippen molar-refractivity contribution >= 4 is 0 Å². The lowest BCUT2D eigenvalue weighted by atomic mass is 9.97. The molecule has 0 aromatic carbocycles. The molecule has 4 heteroatoms. The van der Waals surface area contributed by atoms with Gasteiger partial charge in [0, 0.05) is 45.3 Å². The van der Waals surface area contributed by atoms with E-state index in [-0.39, 0.29) is 0 Å². The predicted octanol–water partition coefficient (Wildman–Crippen LogP) is -0.0123. The van der Waals surface area contributed by atoms with Gasteiger partial charge in [0.05, 0.1) is 13.2 Å². The maximum atomic E-state index is 6.05. The largest absolute Gasteiger partial charge is 0.379 e. The molecule has 4 nitrogen and oxygen atoms in total. The monoisotopic (exact) mass is 227 g/mol. The van der Waals surface area contributed by atoms with Crippen LogP contribution < -0.4 is 5.73 Å². The molecule has 94 valence electrons. The summed E-state index contributed by atoms with van der Waals surface area (Å²) in [6.45, 7) is 10.9. The molecule has 2 fully saturated rings. The number of piperidine rings is 1. The first kappa shape index (κ1) is 12.3. The Bertz CT molecular complexity index is 196. The second-order valence-corrected chi connectivity index (χ2v) is 5.31. The molecule has 0 radical (unpaired) electrons. The predicted molar refractivity (Wildman–Crippen MR) is 65.5 cm³/mol. The van der Waals surface area contributed by atoms with Crippen LogP contribution in [-0.4, -0.2) is 68.3 Å². The SMILES string of the molecule is CC1CC(N)CN(CCN2CCOCC2)C1. The first-order valence-electron chi connectivity index (χ1n) is 6.52. The van der Waals surface area contributed by atoms with Crippen molar-refractivity contribution < 1.29 is 4.74 Å². The van der Waals surface area contributed by atoms with Gasteiger partial charge in [-0.2, -0.15) is 0 Å². The second-order valence-electron chi connectivity index (χ2n) is 5.31. The Morgan fingerprint density at radius 1 is 1.12 bits per heavy atom. The van der Waals surface area contributed by atoms with E-state index in [9.17, 15) is 0 Å². The van der Waals surface area contributed by atoms with E-state index in [2.05, 4.69) is 16.7 Å². The quantitative estimate of drug-likeness (QED) is 0.736. The van der Waals surface area contributed by atoms with Crippen molar-refractivity contribution in [2.45, 2.75) is 19.4 Å². The van der Waals surface area contributed by atoms with Gasteiger partial charge in [-0.25, -0.2) is 0 Å². The second kappa shape index (κ2) is 5.96. The van der Waals surface area contributed by atoms with Crippen LogP contribution in [0.4, 0.5) is 0 Å². The lowest BCUT2D eigenvalue weighted by Gasteiger charge is -2.36. The lowest BCUT2D eigenvalue weighted by Crippen LogP contribution is -2.49. The van der Waals surface area contributed by atoms with Crippen LogP contribution in [0.1, 0.15) is 13.3 Å². The van der Waals surface area contributed by atoms with Crippen molar-refractivity contribution in [1.29, 1.82) is 0 Å². The van der Waals surface area contributed by atoms with E-state index in [1.54, 1.807) is 0 Å². The number of ether oxygens (including phenoxy) is 1. The number of rotatable bonds is 3. The first-order valence-corrected chi connectivity index (χ1v) is 6.52. The summed E-state index contributed by atoms with van der Waals surface area (Å²) in [5.41, 5.74) is 6.05. The van der Waals surface area contributed by atoms with Gasteiger partial charge in [0.2, 0.25) is 0 Å². The van der Waals surface area contributed by atoms with Gasteiger partial charge >= 0.3 is 0 Å². The molecule has 2 aliphatic heterocycles. The highest BCUT2D eigenvalue weighted by molar-refractivity contribution is 4.79. The smallest absolute Gasteiger partial charge is 0.0594 e. The van der Waals surface area contributed by atoms with Crippen molar-refractivity contribution in [2.75, 3.05) is 52.5 Å². The van der Waals surface area contributed by atoms with Gasteiger partial charge in [0.25, 0.3) is 0 Å². The minimum absolute atomic E-state index is 0.383. The van der Waals surface area contributed by atoms with E-state index < -0.39 is 0 Å². The number of likely N-dealkylation sites (tertiary alicyclic amines) is 1. The summed E-state index contributed by atoms with van der Waals surface area (Å²) < 4.78 is 5.35. The van der Waals surface area contributed by atoms with Crippen molar-refractivity contribution in [3.8, 4) is 0 Å². The molecule has 2 atom stereocenters. The molecule has 0 amide bonds. The summed E-state index contributed by atoms with van der Waals surface area (Å²) in [4.78, 5) is 5.02. The maximum absolute atomic E-state index is 6.05. The summed E-state index contributed by atoms with van der Waals surface area (Å²) >= 11 is 0. The van der Waals surface area contributed by atoms with Gasteiger partial charge in [-0.1, -0.05) is 6.92 Å². The van der Waals surface area contributed by atoms with Crippen molar-refractivity contribution in [1.82, 2.24) is 9.80 Å². The molecule has 0 spiro atoms. The summed E-state index contributed by atoms with van der Waals surface area (Å²) in [5.74, 6) is 0.758. The van der Waals surface area contributed by atoms with Crippen molar-refractivity contribution in [3.05, 3.63) is 0 Å². The maximum Gasteiger partial charge on any atom is 0.0594 e. The van der Waals surface area contributed by atoms with Crippen LogP contribution in [0.2, 0.25) is 0 Å². The molecule has 0 aromatic heterocycles. The zero-order chi connectivity index (χ0) is 11.4. The average Bonchev–Trinajstić information content (AvgIpc) is 2.27. The third-order valence-corrected chi connectivity index (χ3v) is 3.60. The Morgan fingerprint density at radius 2 is 1.81 bits per heavy atom.